The first kappa shape index (κ1) is 84.4. The van der Waals surface area contributed by atoms with Gasteiger partial charge in [-0.2, -0.15) is 0 Å². The lowest BCUT2D eigenvalue weighted by Gasteiger charge is -2.42. The van der Waals surface area contributed by atoms with Crippen molar-refractivity contribution in [2.45, 2.75) is 202 Å². The second kappa shape index (κ2) is 43.5. The van der Waals surface area contributed by atoms with E-state index in [0.29, 0.717) is 0 Å². The first-order valence-electron chi connectivity index (χ1n) is 31.1. The molecular formula is C56H101N8O30P. The maximum absolute atomic E-state index is 13.8. The maximum atomic E-state index is 13.8. The van der Waals surface area contributed by atoms with Crippen LogP contribution >= 0.6 is 8.25 Å². The summed E-state index contributed by atoms with van der Waals surface area (Å²) in [5, 5.41) is 112. The highest BCUT2D eigenvalue weighted by molar-refractivity contribution is 7.32. The summed E-state index contributed by atoms with van der Waals surface area (Å²) in [5.41, 5.74) is -2.14. The lowest BCUT2D eigenvalue weighted by Crippen LogP contribution is -2.64. The zero-order valence-corrected chi connectivity index (χ0v) is 55.5. The van der Waals surface area contributed by atoms with Crippen LogP contribution in [0.4, 0.5) is 0 Å². The molecule has 0 spiro atoms. The first-order valence-corrected chi connectivity index (χ1v) is 32.3. The number of amides is 8. The molecule has 18 N–H and O–H groups in total. The average Bonchev–Trinajstić information content (AvgIpc) is 0.842. The third-order valence-corrected chi connectivity index (χ3v) is 15.4. The van der Waals surface area contributed by atoms with Crippen LogP contribution in [0.1, 0.15) is 87.0 Å². The fourth-order valence-corrected chi connectivity index (χ4v) is 10.2. The zero-order chi connectivity index (χ0) is 71.0. The number of rotatable bonds is 45. The van der Waals surface area contributed by atoms with Crippen molar-refractivity contribution < 1.29 is 146 Å². The minimum Gasteiger partial charge on any atom is -0.394 e. The minimum absolute atomic E-state index is 0.0375. The summed E-state index contributed by atoms with van der Waals surface area (Å²) in [4.78, 5) is 113. The lowest BCUT2D eigenvalue weighted by molar-refractivity contribution is -0.272. The molecule has 18 atom stereocenters. The van der Waals surface area contributed by atoms with Crippen molar-refractivity contribution in [1.29, 1.82) is 0 Å². The van der Waals surface area contributed by atoms with Crippen LogP contribution in [0.3, 0.4) is 0 Å². The van der Waals surface area contributed by atoms with Crippen LogP contribution in [0.25, 0.3) is 0 Å². The molecule has 0 aromatic heterocycles. The van der Waals surface area contributed by atoms with E-state index in [1.54, 1.807) is 27.7 Å². The van der Waals surface area contributed by atoms with Crippen LogP contribution in [0.5, 0.6) is 0 Å². The van der Waals surface area contributed by atoms with E-state index in [4.69, 9.17) is 51.9 Å². The number of nitrogens with one attached hydrogen (secondary N) is 8. The van der Waals surface area contributed by atoms with Crippen LogP contribution in [0, 0.1) is 0 Å². The molecule has 18 unspecified atom stereocenters. The normalized spacial score (nSPS) is 27.2. The third-order valence-electron chi connectivity index (χ3n) is 14.7. The van der Waals surface area contributed by atoms with Gasteiger partial charge in [0.2, 0.25) is 47.3 Å². The molecule has 3 aliphatic rings. The topological polar surface area (TPSA) is 554 Å². The van der Waals surface area contributed by atoms with Gasteiger partial charge in [-0.05, 0) is 47.0 Å². The first-order chi connectivity index (χ1) is 44.8. The molecule has 3 heterocycles. The number of hydrogen-bond donors (Lipinski definition) is 18. The average molecular weight is 1400 g/mol. The molecule has 3 aliphatic heterocycles. The molecule has 39 heteroatoms. The minimum atomic E-state index is -3.31. The fraction of sp³-hybridized carbons (Fsp3) is 0.857. The SMILES string of the molecule is CC(=O)NC1C(OCCOCCNC(=O)CCC(NC(=O)CCC(NC(=O)CCC(C)(C)OCC(C)(C)O[PH](=O)O)C(=O)NCCOCCOC2OC(CO)C(O)C(O)C2NC(C)=O)C(=O)NCCOCCOC2OC(CO)C(O)C(O)C2NC(C)=O)OC(CO)C(O)C1O. The quantitative estimate of drug-likeness (QED) is 0.0199. The molecule has 0 bridgehead atoms. The number of ether oxygens (including phenoxy) is 10. The van der Waals surface area contributed by atoms with Gasteiger partial charge in [-0.1, -0.05) is 0 Å². The van der Waals surface area contributed by atoms with Crippen LogP contribution in [0.2, 0.25) is 0 Å². The molecular weight excluding hydrogens is 1300 g/mol. The van der Waals surface area contributed by atoms with Gasteiger partial charge in [0.25, 0.3) is 0 Å². The van der Waals surface area contributed by atoms with Gasteiger partial charge in [-0.3, -0.25) is 42.9 Å². The van der Waals surface area contributed by atoms with Gasteiger partial charge in [0.05, 0.1) is 97.1 Å². The van der Waals surface area contributed by atoms with Gasteiger partial charge in [0.15, 0.2) is 18.9 Å². The highest BCUT2D eigenvalue weighted by Gasteiger charge is 2.48. The molecule has 38 nitrogen and oxygen atoms in total. The zero-order valence-electron chi connectivity index (χ0n) is 54.5. The molecule has 0 saturated carbocycles. The van der Waals surface area contributed by atoms with E-state index >= 15 is 0 Å². The van der Waals surface area contributed by atoms with Gasteiger partial charge < -0.3 is 145 Å². The lowest BCUT2D eigenvalue weighted by atomic mass is 9.97. The van der Waals surface area contributed by atoms with E-state index in [9.17, 15) is 93.8 Å². The van der Waals surface area contributed by atoms with E-state index in [1.165, 1.54) is 20.8 Å². The Morgan fingerprint density at radius 2 is 0.800 bits per heavy atom. The van der Waals surface area contributed by atoms with Crippen LogP contribution in [-0.2, 0) is 94.8 Å². The molecule has 3 saturated heterocycles. The molecule has 8 amide bonds. The second-order valence-electron chi connectivity index (χ2n) is 23.7. The summed E-state index contributed by atoms with van der Waals surface area (Å²) in [6, 6.07) is -6.32. The number of carbonyl (C=O) groups is 8. The Morgan fingerprint density at radius 1 is 0.463 bits per heavy atom. The van der Waals surface area contributed by atoms with Gasteiger partial charge in [0, 0.05) is 59.7 Å². The van der Waals surface area contributed by atoms with Crippen molar-refractivity contribution in [2.24, 2.45) is 0 Å². The maximum Gasteiger partial charge on any atom is 0.317 e. The van der Waals surface area contributed by atoms with Crippen molar-refractivity contribution in [3.63, 3.8) is 0 Å². The van der Waals surface area contributed by atoms with Crippen molar-refractivity contribution in [1.82, 2.24) is 42.5 Å². The molecule has 550 valence electrons. The highest BCUT2D eigenvalue weighted by atomic mass is 31.1. The summed E-state index contributed by atoms with van der Waals surface area (Å²) in [6.07, 6.45) is -18.2. The fourth-order valence-electron chi connectivity index (χ4n) is 9.65. The predicted octanol–water partition coefficient (Wildman–Crippen LogP) is -8.45. The molecule has 0 aromatic carbocycles. The molecule has 3 rings (SSSR count). The van der Waals surface area contributed by atoms with E-state index < -0.39 is 197 Å². The monoisotopic (exact) mass is 1400 g/mol. The van der Waals surface area contributed by atoms with Crippen molar-refractivity contribution in [2.75, 3.05) is 106 Å². The largest absolute Gasteiger partial charge is 0.394 e. The van der Waals surface area contributed by atoms with Crippen molar-refractivity contribution >= 4 is 55.5 Å². The van der Waals surface area contributed by atoms with E-state index in [2.05, 4.69) is 42.5 Å². The number of aliphatic hydroxyl groups is 9. The Balaban J connectivity index is 1.67. The summed E-state index contributed by atoms with van der Waals surface area (Å²) in [6.45, 7) is 6.42. The number of hydrogen-bond acceptors (Lipinski definition) is 29. The smallest absolute Gasteiger partial charge is 0.317 e. The summed E-state index contributed by atoms with van der Waals surface area (Å²) in [5.74, 6) is -5.17. The van der Waals surface area contributed by atoms with Crippen LogP contribution < -0.4 is 42.5 Å². The Kier molecular flexibility index (Phi) is 38.7. The number of carbonyl (C=O) groups excluding carboxylic acids is 8. The van der Waals surface area contributed by atoms with E-state index in [0.717, 1.165) is 0 Å². The Labute approximate surface area is 550 Å². The van der Waals surface area contributed by atoms with Gasteiger partial charge in [0.1, 0.15) is 85.1 Å². The molecule has 0 aliphatic carbocycles. The molecule has 0 radical (unpaired) electrons. The molecule has 95 heavy (non-hydrogen) atoms. The standard InChI is InChI=1S/C56H101N8O30P/c1-30(68)60-41-47(77)44(74)35(26-65)91-52(41)87-23-20-84-17-14-57-38(71)10-8-33(50(80)58-15-18-85-21-24-88-53-42(61-31(2)69)48(78)45(75)36(27-66)92-53)63-39(72)11-9-34(64-40(73)12-13-55(4,5)90-29-56(6,7)94-95(82)83)51(81)59-16-19-86-22-25-89-54-43(62-32(3)70)49(79)46(76)37(28-67)93-54/h33-37,41-49,52-54,65-67,74-79,95H,8-29H2,1-7H3,(H,57,71)(H,58,80)(H,59,81)(H,60,68)(H,61,69)(H,62,70)(H,63,72)(H,64,73)(H,82,83). The summed E-state index contributed by atoms with van der Waals surface area (Å²) in [7, 11) is -3.31. The van der Waals surface area contributed by atoms with Crippen LogP contribution in [-0.4, -0.2) is 319 Å². The molecule has 0 aromatic rings. The Hall–Kier alpha value is -4.85. The highest BCUT2D eigenvalue weighted by Crippen LogP contribution is 2.29. The van der Waals surface area contributed by atoms with Gasteiger partial charge >= 0.3 is 8.25 Å². The predicted molar refractivity (Wildman–Crippen MR) is 323 cm³/mol. The van der Waals surface area contributed by atoms with Crippen molar-refractivity contribution in [3.8, 4) is 0 Å². The summed E-state index contributed by atoms with van der Waals surface area (Å²) >= 11 is 0. The molecule has 3 fully saturated rings. The van der Waals surface area contributed by atoms with Crippen LogP contribution in [0.15, 0.2) is 0 Å². The van der Waals surface area contributed by atoms with Crippen molar-refractivity contribution in [3.05, 3.63) is 0 Å². The Morgan fingerprint density at radius 3 is 1.14 bits per heavy atom. The van der Waals surface area contributed by atoms with Gasteiger partial charge in [-0.25, -0.2) is 0 Å². The second-order valence-corrected chi connectivity index (χ2v) is 24.4. The van der Waals surface area contributed by atoms with E-state index in [1.807, 2.05) is 0 Å². The summed E-state index contributed by atoms with van der Waals surface area (Å²) < 4.78 is 72.5. The third kappa shape index (κ3) is 31.3. The number of aliphatic hydroxyl groups excluding tert-OH is 9. The van der Waals surface area contributed by atoms with E-state index in [-0.39, 0.29) is 118 Å². The Bertz CT molecular complexity index is 2390. The van der Waals surface area contributed by atoms with Gasteiger partial charge in [-0.15, -0.1) is 0 Å².